The van der Waals surface area contributed by atoms with Gasteiger partial charge >= 0.3 is 12.4 Å². The van der Waals surface area contributed by atoms with E-state index in [0.29, 0.717) is 19.5 Å². The van der Waals surface area contributed by atoms with Gasteiger partial charge in [-0.1, -0.05) is 12.1 Å². The van der Waals surface area contributed by atoms with Gasteiger partial charge in [-0.3, -0.25) is 4.72 Å². The number of hydrogen-bond donors (Lipinski definition) is 1. The molecule has 194 valence electrons. The average Bonchev–Trinajstić information content (AvgIpc) is 3.42. The average molecular weight is 551 g/mol. The summed E-state index contributed by atoms with van der Waals surface area (Å²) in [5, 5.41) is 0. The van der Waals surface area contributed by atoms with E-state index in [1.165, 1.54) is 24.3 Å². The third kappa shape index (κ3) is 5.95. The molecule has 0 aliphatic carbocycles. The van der Waals surface area contributed by atoms with Gasteiger partial charge in [-0.2, -0.15) is 26.3 Å². The maximum atomic E-state index is 13.5. The first-order valence-electron chi connectivity index (χ1n) is 10.6. The Kier molecular flexibility index (Phi) is 7.01. The minimum Gasteiger partial charge on any atom is -0.488 e. The Balaban J connectivity index is 1.59. The van der Waals surface area contributed by atoms with Crippen molar-refractivity contribution in [1.82, 2.24) is 4.90 Å². The van der Waals surface area contributed by atoms with Crippen molar-refractivity contribution in [1.29, 1.82) is 0 Å². The van der Waals surface area contributed by atoms with Gasteiger partial charge in [0.05, 0.1) is 16.8 Å². The first-order valence-corrected chi connectivity index (χ1v) is 12.9. The summed E-state index contributed by atoms with van der Waals surface area (Å²) in [6, 6.07) is 9.76. The predicted octanol–water partition coefficient (Wildman–Crippen LogP) is 6.34. The van der Waals surface area contributed by atoms with Gasteiger partial charge in [0, 0.05) is 24.0 Å². The number of nitrogens with one attached hydrogen (secondary N) is 1. The van der Waals surface area contributed by atoms with Gasteiger partial charge in [0.2, 0.25) is 0 Å². The van der Waals surface area contributed by atoms with Crippen molar-refractivity contribution in [3.8, 4) is 16.2 Å². The highest BCUT2D eigenvalue weighted by Crippen LogP contribution is 2.40. The van der Waals surface area contributed by atoms with E-state index in [1.54, 1.807) is 0 Å². The van der Waals surface area contributed by atoms with Crippen LogP contribution in [0.1, 0.15) is 17.5 Å². The zero-order chi connectivity index (χ0) is 26.3. The van der Waals surface area contributed by atoms with Crippen molar-refractivity contribution in [3.63, 3.8) is 0 Å². The van der Waals surface area contributed by atoms with E-state index in [0.717, 1.165) is 41.7 Å². The molecule has 1 aliphatic rings. The standard InChI is InChI=1S/C23H20F6N2O3S2/c1-31-10-9-17(13-31)34-19-12-16(5-6-18(19)23(27,28)29)30-36(32,33)21-8-7-20(35-21)14-3-2-4-15(11-14)22(24,25)26/h2-8,11-12,17,30H,9-10,13H2,1H3. The van der Waals surface area contributed by atoms with Crippen LogP contribution in [0.5, 0.6) is 5.75 Å². The monoisotopic (exact) mass is 550 g/mol. The summed E-state index contributed by atoms with van der Waals surface area (Å²) in [7, 11) is -2.43. The van der Waals surface area contributed by atoms with Crippen LogP contribution in [0, 0.1) is 0 Å². The molecule has 1 unspecified atom stereocenters. The third-order valence-corrected chi connectivity index (χ3v) is 8.51. The lowest BCUT2D eigenvalue weighted by atomic mass is 10.1. The van der Waals surface area contributed by atoms with Crippen LogP contribution in [0.4, 0.5) is 32.0 Å². The van der Waals surface area contributed by atoms with E-state index in [-0.39, 0.29) is 20.3 Å². The second-order valence-electron chi connectivity index (χ2n) is 8.30. The quantitative estimate of drug-likeness (QED) is 0.364. The Morgan fingerprint density at radius 3 is 2.39 bits per heavy atom. The van der Waals surface area contributed by atoms with Crippen molar-refractivity contribution in [2.75, 3.05) is 24.9 Å². The lowest BCUT2D eigenvalue weighted by Gasteiger charge is -2.19. The maximum Gasteiger partial charge on any atom is 0.419 e. The van der Waals surface area contributed by atoms with Gasteiger partial charge in [0.1, 0.15) is 16.1 Å². The molecule has 0 bridgehead atoms. The summed E-state index contributed by atoms with van der Waals surface area (Å²) in [4.78, 5) is 2.19. The number of nitrogens with zero attached hydrogens (tertiary/aromatic N) is 1. The first kappa shape index (κ1) is 26.3. The number of ether oxygens (including phenoxy) is 1. The number of halogens is 6. The molecule has 3 aromatic rings. The third-order valence-electron chi connectivity index (χ3n) is 5.50. The summed E-state index contributed by atoms with van der Waals surface area (Å²) in [6.45, 7) is 1.09. The predicted molar refractivity (Wildman–Crippen MR) is 124 cm³/mol. The molecule has 2 aromatic carbocycles. The Morgan fingerprint density at radius 2 is 1.75 bits per heavy atom. The summed E-state index contributed by atoms with van der Waals surface area (Å²) in [5.74, 6) is -0.487. The summed E-state index contributed by atoms with van der Waals surface area (Å²) in [5.41, 5.74) is -1.86. The molecule has 0 radical (unpaired) electrons. The van der Waals surface area contributed by atoms with Crippen LogP contribution in [0.3, 0.4) is 0 Å². The highest BCUT2D eigenvalue weighted by Gasteiger charge is 2.36. The molecular formula is C23H20F6N2O3S2. The molecular weight excluding hydrogens is 530 g/mol. The van der Waals surface area contributed by atoms with Gasteiger partial charge in [0.25, 0.3) is 10.0 Å². The van der Waals surface area contributed by atoms with Crippen LogP contribution < -0.4 is 9.46 Å². The Hall–Kier alpha value is -2.77. The van der Waals surface area contributed by atoms with Crippen LogP contribution in [0.15, 0.2) is 58.8 Å². The van der Waals surface area contributed by atoms with E-state index in [1.807, 2.05) is 11.9 Å². The smallest absolute Gasteiger partial charge is 0.419 e. The summed E-state index contributed by atoms with van der Waals surface area (Å²) >= 11 is 0.735. The van der Waals surface area contributed by atoms with Gasteiger partial charge in [-0.15, -0.1) is 11.3 Å². The summed E-state index contributed by atoms with van der Waals surface area (Å²) in [6.07, 6.45) is -9.21. The van der Waals surface area contributed by atoms with Crippen molar-refractivity contribution in [2.24, 2.45) is 0 Å². The van der Waals surface area contributed by atoms with E-state index in [2.05, 4.69) is 4.72 Å². The number of anilines is 1. The second-order valence-corrected chi connectivity index (χ2v) is 11.3. The Morgan fingerprint density at radius 1 is 1.00 bits per heavy atom. The van der Waals surface area contributed by atoms with Gasteiger partial charge in [-0.05, 0) is 55.4 Å². The zero-order valence-electron chi connectivity index (χ0n) is 18.7. The number of sulfonamides is 1. The molecule has 1 aromatic heterocycles. The lowest BCUT2D eigenvalue weighted by Crippen LogP contribution is -2.23. The van der Waals surface area contributed by atoms with Crippen LogP contribution in [-0.4, -0.2) is 39.6 Å². The number of alkyl halides is 6. The van der Waals surface area contributed by atoms with E-state index in [4.69, 9.17) is 4.74 Å². The molecule has 1 fully saturated rings. The first-order chi connectivity index (χ1) is 16.7. The Labute approximate surface area is 207 Å². The van der Waals surface area contributed by atoms with Gasteiger partial charge in [0.15, 0.2) is 0 Å². The number of thiophene rings is 1. The van der Waals surface area contributed by atoms with Crippen LogP contribution in [0.2, 0.25) is 0 Å². The molecule has 1 saturated heterocycles. The minimum atomic E-state index is -4.70. The maximum absolute atomic E-state index is 13.5. The molecule has 4 rings (SSSR count). The largest absolute Gasteiger partial charge is 0.488 e. The fraction of sp³-hybridized carbons (Fsp3) is 0.304. The molecule has 2 heterocycles. The zero-order valence-corrected chi connectivity index (χ0v) is 20.3. The van der Waals surface area contributed by atoms with Crippen LogP contribution in [-0.2, 0) is 22.4 Å². The van der Waals surface area contributed by atoms with Gasteiger partial charge in [-0.25, -0.2) is 8.42 Å². The van der Waals surface area contributed by atoms with Crippen LogP contribution >= 0.6 is 11.3 Å². The molecule has 5 nitrogen and oxygen atoms in total. The van der Waals surface area contributed by atoms with Gasteiger partial charge < -0.3 is 9.64 Å². The molecule has 36 heavy (non-hydrogen) atoms. The normalized spacial score (nSPS) is 17.4. The number of likely N-dealkylation sites (N-methyl/N-ethyl adjacent to an activating group) is 1. The molecule has 13 heteroatoms. The highest BCUT2D eigenvalue weighted by molar-refractivity contribution is 7.94. The molecule has 1 aliphatic heterocycles. The number of hydrogen-bond acceptors (Lipinski definition) is 5. The SMILES string of the molecule is CN1CCC(Oc2cc(NS(=O)(=O)c3ccc(-c4cccc(C(F)(F)F)c4)s3)ccc2C(F)(F)F)C1. The Bertz CT molecular complexity index is 1350. The number of rotatable bonds is 6. The molecule has 1 atom stereocenters. The lowest BCUT2D eigenvalue weighted by molar-refractivity contribution is -0.139. The molecule has 0 amide bonds. The topological polar surface area (TPSA) is 58.6 Å². The fourth-order valence-corrected chi connectivity index (χ4v) is 6.11. The van der Waals surface area contributed by atoms with E-state index >= 15 is 0 Å². The number of likely N-dealkylation sites (tertiary alicyclic amines) is 1. The van der Waals surface area contributed by atoms with Crippen molar-refractivity contribution >= 4 is 27.0 Å². The second kappa shape index (κ2) is 9.60. The molecule has 0 spiro atoms. The van der Waals surface area contributed by atoms with Crippen molar-refractivity contribution < 1.29 is 39.5 Å². The molecule has 0 saturated carbocycles. The van der Waals surface area contributed by atoms with Crippen molar-refractivity contribution in [2.45, 2.75) is 29.1 Å². The minimum absolute atomic E-state index is 0.140. The summed E-state index contributed by atoms with van der Waals surface area (Å²) < 4.78 is 113. The molecule has 1 N–H and O–H groups in total. The van der Waals surface area contributed by atoms with Crippen LogP contribution in [0.25, 0.3) is 10.4 Å². The van der Waals surface area contributed by atoms with E-state index < -0.39 is 45.4 Å². The fourth-order valence-electron chi connectivity index (χ4n) is 3.76. The van der Waals surface area contributed by atoms with E-state index in [9.17, 15) is 34.8 Å². The van der Waals surface area contributed by atoms with Crippen molar-refractivity contribution in [3.05, 3.63) is 65.7 Å². The highest BCUT2D eigenvalue weighted by atomic mass is 32.2. The number of benzene rings is 2.